The predicted octanol–water partition coefficient (Wildman–Crippen LogP) is 3.08. The molecular formula is C26H29N3O5S. The first-order valence-corrected chi connectivity index (χ1v) is 12.5. The number of ether oxygens (including phenoxy) is 1. The van der Waals surface area contributed by atoms with Crippen LogP contribution in [0.5, 0.6) is 5.75 Å². The number of unbranched alkanes of at least 4 members (excludes halogenated alkanes) is 1. The van der Waals surface area contributed by atoms with E-state index < -0.39 is 22.0 Å². The van der Waals surface area contributed by atoms with Gasteiger partial charge in [0.25, 0.3) is 5.91 Å². The average Bonchev–Trinajstić information content (AvgIpc) is 3.28. The fraction of sp³-hybridized carbons (Fsp3) is 0.308. The number of H-pyrrole nitrogens is 1. The lowest BCUT2D eigenvalue weighted by molar-refractivity contribution is -0.128. The van der Waals surface area contributed by atoms with Gasteiger partial charge in [-0.1, -0.05) is 24.1 Å². The normalized spacial score (nSPS) is 12.3. The monoisotopic (exact) mass is 495 g/mol. The number of nitrogens with one attached hydrogen (secondary N) is 3. The smallest absolute Gasteiger partial charge is 0.259 e. The van der Waals surface area contributed by atoms with Gasteiger partial charge < -0.3 is 15.0 Å². The molecule has 0 aliphatic heterocycles. The number of fused-ring (bicyclic) bond motifs is 1. The first-order valence-electron chi connectivity index (χ1n) is 11.3. The molecule has 0 saturated carbocycles. The largest absolute Gasteiger partial charge is 0.481 e. The highest BCUT2D eigenvalue weighted by atomic mass is 32.2. The number of amides is 2. The van der Waals surface area contributed by atoms with Crippen LogP contribution in [0.2, 0.25) is 0 Å². The fourth-order valence-electron chi connectivity index (χ4n) is 3.63. The Morgan fingerprint density at radius 2 is 1.91 bits per heavy atom. The first-order chi connectivity index (χ1) is 17.0. The van der Waals surface area contributed by atoms with Gasteiger partial charge >= 0.3 is 0 Å². The quantitative estimate of drug-likeness (QED) is 0.133. The van der Waals surface area contributed by atoms with Crippen molar-refractivity contribution in [2.24, 2.45) is 0 Å². The number of rotatable bonds is 12. The lowest BCUT2D eigenvalue weighted by Gasteiger charge is -2.15. The summed E-state index contributed by atoms with van der Waals surface area (Å²) >= 11 is 0. The van der Waals surface area contributed by atoms with Crippen molar-refractivity contribution in [1.29, 1.82) is 0 Å². The van der Waals surface area contributed by atoms with E-state index in [4.69, 9.17) is 9.94 Å². The van der Waals surface area contributed by atoms with Crippen LogP contribution in [0.1, 0.15) is 31.7 Å². The van der Waals surface area contributed by atoms with Crippen molar-refractivity contribution >= 4 is 33.5 Å². The summed E-state index contributed by atoms with van der Waals surface area (Å²) < 4.78 is 18.4. The molecule has 8 nitrogen and oxygen atoms in total. The molecule has 2 amide bonds. The molecule has 0 saturated heterocycles. The molecule has 0 spiro atoms. The zero-order valence-corrected chi connectivity index (χ0v) is 20.3. The van der Waals surface area contributed by atoms with E-state index in [-0.39, 0.29) is 18.9 Å². The van der Waals surface area contributed by atoms with Crippen LogP contribution in [0.3, 0.4) is 0 Å². The molecule has 0 radical (unpaired) electrons. The zero-order valence-electron chi connectivity index (χ0n) is 19.5. The maximum absolute atomic E-state index is 13.0. The van der Waals surface area contributed by atoms with E-state index in [9.17, 15) is 13.8 Å². The van der Waals surface area contributed by atoms with Crippen molar-refractivity contribution in [3.63, 3.8) is 0 Å². The highest BCUT2D eigenvalue weighted by molar-refractivity contribution is 7.86. The third kappa shape index (κ3) is 7.44. The van der Waals surface area contributed by atoms with Crippen molar-refractivity contribution in [2.75, 3.05) is 13.2 Å². The number of benzene rings is 2. The van der Waals surface area contributed by atoms with E-state index in [0.29, 0.717) is 36.5 Å². The number of carbonyl (C=O) groups excluding carboxylic acids is 2. The molecule has 2 aromatic carbocycles. The van der Waals surface area contributed by atoms with E-state index in [2.05, 4.69) is 22.1 Å². The molecule has 3 rings (SSSR count). The Labute approximate surface area is 206 Å². The van der Waals surface area contributed by atoms with Gasteiger partial charge in [0.1, 0.15) is 17.6 Å². The minimum Gasteiger partial charge on any atom is -0.481 e. The van der Waals surface area contributed by atoms with Gasteiger partial charge in [0.2, 0.25) is 5.91 Å². The van der Waals surface area contributed by atoms with E-state index in [1.165, 1.54) is 0 Å². The van der Waals surface area contributed by atoms with Crippen molar-refractivity contribution in [3.05, 3.63) is 60.3 Å². The Morgan fingerprint density at radius 1 is 1.14 bits per heavy atom. The number of hydrogen-bond acceptors (Lipinski definition) is 5. The summed E-state index contributed by atoms with van der Waals surface area (Å²) in [5.41, 5.74) is 3.54. The minimum absolute atomic E-state index is 0.0878. The SMILES string of the molecule is CC#CCOc1ccc(S(=O)C(CCCCNC(=O)Cc2c[nH]c3ccccc23)C(=O)NO)cc1. The molecule has 3 aromatic rings. The van der Waals surface area contributed by atoms with Gasteiger partial charge in [-0.2, -0.15) is 0 Å². The Hall–Kier alpha value is -3.61. The van der Waals surface area contributed by atoms with Crippen LogP contribution in [0.4, 0.5) is 0 Å². The molecule has 2 unspecified atom stereocenters. The van der Waals surface area contributed by atoms with Crippen LogP contribution in [0.15, 0.2) is 59.6 Å². The van der Waals surface area contributed by atoms with Gasteiger partial charge in [-0.15, -0.1) is 5.92 Å². The Morgan fingerprint density at radius 3 is 2.66 bits per heavy atom. The maximum Gasteiger partial charge on any atom is 0.259 e. The highest BCUT2D eigenvalue weighted by Gasteiger charge is 2.26. The second-order valence-corrected chi connectivity index (χ2v) is 9.47. The van der Waals surface area contributed by atoms with Gasteiger partial charge in [0, 0.05) is 28.5 Å². The fourth-order valence-corrected chi connectivity index (χ4v) is 4.99. The summed E-state index contributed by atoms with van der Waals surface area (Å²) in [5.74, 6) is 5.32. The number of hydrogen-bond donors (Lipinski definition) is 4. The first kappa shape index (κ1) is 26.0. The van der Waals surface area contributed by atoms with E-state index >= 15 is 0 Å². The standard InChI is InChI=1S/C26H29N3O5S/c1-2-3-16-34-20-11-13-21(14-12-20)35(33)24(26(31)29-32)10-6-7-15-27-25(30)17-19-18-28-23-9-5-4-8-22(19)23/h4-5,8-9,11-14,18,24,28,32H,6-7,10,15-17H2,1H3,(H,27,30)(H,29,31). The molecule has 4 N–H and O–H groups in total. The third-order valence-corrected chi connectivity index (χ3v) is 7.15. The van der Waals surface area contributed by atoms with Crippen LogP contribution in [-0.2, 0) is 26.8 Å². The molecule has 0 fully saturated rings. The van der Waals surface area contributed by atoms with E-state index in [0.717, 1.165) is 16.5 Å². The van der Waals surface area contributed by atoms with Crippen LogP contribution < -0.4 is 15.5 Å². The highest BCUT2D eigenvalue weighted by Crippen LogP contribution is 2.20. The molecule has 2 atom stereocenters. The molecule has 9 heteroatoms. The Bertz CT molecular complexity index is 1230. The zero-order chi connectivity index (χ0) is 25.0. The Kier molecular flexibility index (Phi) is 9.90. The number of para-hydroxylation sites is 1. The van der Waals surface area contributed by atoms with Crippen LogP contribution in [0.25, 0.3) is 10.9 Å². The van der Waals surface area contributed by atoms with Gasteiger partial charge in [-0.3, -0.25) is 19.0 Å². The van der Waals surface area contributed by atoms with Crippen molar-refractivity contribution in [2.45, 2.75) is 42.8 Å². The van der Waals surface area contributed by atoms with Crippen LogP contribution in [0, 0.1) is 11.8 Å². The molecule has 0 aliphatic carbocycles. The molecule has 0 aliphatic rings. The van der Waals surface area contributed by atoms with Gasteiger partial charge in [0.05, 0.1) is 17.2 Å². The van der Waals surface area contributed by atoms with Crippen LogP contribution in [-0.4, -0.2) is 44.6 Å². The van der Waals surface area contributed by atoms with Crippen molar-refractivity contribution < 1.29 is 23.7 Å². The lowest BCUT2D eigenvalue weighted by Crippen LogP contribution is -2.35. The second kappa shape index (κ2) is 13.3. The van der Waals surface area contributed by atoms with Gasteiger partial charge in [-0.05, 0) is 62.1 Å². The predicted molar refractivity (Wildman–Crippen MR) is 134 cm³/mol. The average molecular weight is 496 g/mol. The maximum atomic E-state index is 13.0. The van der Waals surface area contributed by atoms with Gasteiger partial charge in [-0.25, -0.2) is 5.48 Å². The van der Waals surface area contributed by atoms with Crippen molar-refractivity contribution in [3.8, 4) is 17.6 Å². The topological polar surface area (TPSA) is 121 Å². The number of hydroxylamine groups is 1. The number of aromatic nitrogens is 1. The lowest BCUT2D eigenvalue weighted by atomic mass is 10.1. The number of carbonyl (C=O) groups is 2. The molecule has 1 heterocycles. The second-order valence-electron chi connectivity index (χ2n) is 7.83. The summed E-state index contributed by atoms with van der Waals surface area (Å²) in [6, 6.07) is 14.4. The summed E-state index contributed by atoms with van der Waals surface area (Å²) in [7, 11) is -1.66. The number of aromatic amines is 1. The summed E-state index contributed by atoms with van der Waals surface area (Å²) in [6.45, 7) is 2.42. The third-order valence-electron chi connectivity index (χ3n) is 5.45. The summed E-state index contributed by atoms with van der Waals surface area (Å²) in [5, 5.41) is 12.1. The molecule has 35 heavy (non-hydrogen) atoms. The minimum atomic E-state index is -1.66. The Balaban J connectivity index is 1.46. The summed E-state index contributed by atoms with van der Waals surface area (Å²) in [4.78, 5) is 28.1. The molecule has 1 aromatic heterocycles. The van der Waals surface area contributed by atoms with Crippen LogP contribution >= 0.6 is 0 Å². The molecular weight excluding hydrogens is 466 g/mol. The van der Waals surface area contributed by atoms with Gasteiger partial charge in [0.15, 0.2) is 0 Å². The van der Waals surface area contributed by atoms with E-state index in [1.54, 1.807) is 36.7 Å². The molecule has 0 bridgehead atoms. The van der Waals surface area contributed by atoms with E-state index in [1.807, 2.05) is 30.5 Å². The molecule has 184 valence electrons. The van der Waals surface area contributed by atoms with Crippen molar-refractivity contribution in [1.82, 2.24) is 15.8 Å². The summed E-state index contributed by atoms with van der Waals surface area (Å²) in [6.07, 6.45) is 3.57.